The van der Waals surface area contributed by atoms with E-state index in [0.29, 0.717) is 70.1 Å². The lowest BCUT2D eigenvalue weighted by atomic mass is 10.4. The Bertz CT molecular complexity index is 663. The number of rotatable bonds is 27. The van der Waals surface area contributed by atoms with Crippen LogP contribution < -0.4 is 10.6 Å². The zero-order valence-electron chi connectivity index (χ0n) is 27.4. The maximum atomic E-state index is 12.2. The number of nitrogens with one attached hydrogen (secondary N) is 2. The molecular formula is C24H55N3O13Si3. The van der Waals surface area contributed by atoms with Crippen molar-refractivity contribution in [2.45, 2.75) is 37.4 Å². The number of nitrogens with zero attached hydrogens (tertiary/aromatic N) is 1. The average Bonchev–Trinajstić information content (AvgIpc) is 3.04. The van der Waals surface area contributed by atoms with Crippen LogP contribution in [0.15, 0.2) is 0 Å². The fourth-order valence-corrected chi connectivity index (χ4v) is 9.30. The molecule has 2 N–H and O–H groups in total. The van der Waals surface area contributed by atoms with Gasteiger partial charge in [-0.1, -0.05) is 0 Å². The minimum absolute atomic E-state index is 0.149. The van der Waals surface area contributed by atoms with Crippen LogP contribution in [0.3, 0.4) is 0 Å². The van der Waals surface area contributed by atoms with Crippen molar-refractivity contribution in [2.24, 2.45) is 0 Å². The van der Waals surface area contributed by atoms with E-state index in [-0.39, 0.29) is 13.2 Å². The van der Waals surface area contributed by atoms with Gasteiger partial charge in [-0.25, -0.2) is 9.59 Å². The Morgan fingerprint density at radius 3 is 1.09 bits per heavy atom. The second-order valence-corrected chi connectivity index (χ2v) is 18.4. The number of hydrogen-bond acceptors (Lipinski definition) is 14. The van der Waals surface area contributed by atoms with E-state index in [4.69, 9.17) is 49.3 Å². The van der Waals surface area contributed by atoms with E-state index in [1.165, 1.54) is 0 Å². The average molecular weight is 678 g/mol. The van der Waals surface area contributed by atoms with Crippen LogP contribution in [-0.4, -0.2) is 153 Å². The van der Waals surface area contributed by atoms with Gasteiger partial charge in [0.1, 0.15) is 13.2 Å². The summed E-state index contributed by atoms with van der Waals surface area (Å²) in [7, 11) is 5.90. The lowest BCUT2D eigenvalue weighted by molar-refractivity contribution is 0.102. The molecule has 0 saturated heterocycles. The zero-order chi connectivity index (χ0) is 32.6. The predicted molar refractivity (Wildman–Crippen MR) is 164 cm³/mol. The lowest BCUT2D eigenvalue weighted by Crippen LogP contribution is -2.44. The molecule has 256 valence electrons. The molecule has 2 amide bonds. The topological polar surface area (TPSA) is 163 Å². The van der Waals surface area contributed by atoms with Gasteiger partial charge >= 0.3 is 38.6 Å². The standard InChI is InChI=1S/C24H55N3O13Si3/c1-30-41(31-2,32-3)20-10-13-25-23(28)39-18-16-27(15-12-22-43(36-7,37-8)38-9)17-19-40-24(29)26-14-11-21-42(33-4,34-5)35-6/h10-22H2,1-9H3,(H,25,28)(H,26,29). The summed E-state index contributed by atoms with van der Waals surface area (Å²) in [6, 6.07) is 1.72. The number of carbonyl (C=O) groups is 2. The molecule has 0 saturated carbocycles. The first-order valence-corrected chi connectivity index (χ1v) is 19.9. The van der Waals surface area contributed by atoms with Crippen molar-refractivity contribution in [3.05, 3.63) is 0 Å². The number of ether oxygens (including phenoxy) is 2. The van der Waals surface area contributed by atoms with Gasteiger partial charge in [0.15, 0.2) is 0 Å². The molecule has 16 nitrogen and oxygen atoms in total. The van der Waals surface area contributed by atoms with E-state index < -0.39 is 38.6 Å². The van der Waals surface area contributed by atoms with Crippen LogP contribution in [0.2, 0.25) is 18.1 Å². The van der Waals surface area contributed by atoms with Crippen molar-refractivity contribution < 1.29 is 58.9 Å². The van der Waals surface area contributed by atoms with E-state index in [1.807, 2.05) is 4.90 Å². The Kier molecular flexibility index (Phi) is 23.4. The zero-order valence-corrected chi connectivity index (χ0v) is 30.4. The summed E-state index contributed by atoms with van der Waals surface area (Å²) >= 11 is 0. The Labute approximate surface area is 260 Å². The third-order valence-electron chi connectivity index (χ3n) is 6.90. The molecule has 0 spiro atoms. The SMILES string of the molecule is CO[Si](CCCNC(=O)OCCN(CCC[Si](OC)(OC)OC)CCOC(=O)NCCC[Si](OC)(OC)OC)(OC)OC. The van der Waals surface area contributed by atoms with E-state index in [0.717, 1.165) is 0 Å². The van der Waals surface area contributed by atoms with Gasteiger partial charge in [-0.15, -0.1) is 0 Å². The van der Waals surface area contributed by atoms with E-state index in [2.05, 4.69) is 10.6 Å². The molecule has 0 aromatic heterocycles. The molecule has 0 unspecified atom stereocenters. The second kappa shape index (κ2) is 24.1. The maximum absolute atomic E-state index is 12.2. The van der Waals surface area contributed by atoms with Crippen LogP contribution in [0.5, 0.6) is 0 Å². The lowest BCUT2D eigenvalue weighted by Gasteiger charge is -2.26. The largest absolute Gasteiger partial charge is 0.500 e. The number of amides is 2. The molecule has 43 heavy (non-hydrogen) atoms. The summed E-state index contributed by atoms with van der Waals surface area (Å²) in [5.74, 6) is 0. The molecule has 0 atom stereocenters. The molecular weight excluding hydrogens is 623 g/mol. The molecule has 0 aliphatic rings. The molecule has 0 rings (SSSR count). The van der Waals surface area contributed by atoms with Gasteiger partial charge in [0.05, 0.1) is 0 Å². The highest BCUT2D eigenvalue weighted by atomic mass is 28.4. The highest BCUT2D eigenvalue weighted by molar-refractivity contribution is 6.61. The molecule has 0 aromatic carbocycles. The highest BCUT2D eigenvalue weighted by Crippen LogP contribution is 2.16. The summed E-state index contributed by atoms with van der Waals surface area (Å²) in [6.07, 6.45) is 0.874. The molecule has 19 heteroatoms. The van der Waals surface area contributed by atoms with Gasteiger partial charge in [-0.3, -0.25) is 4.90 Å². The van der Waals surface area contributed by atoms with Crippen LogP contribution in [-0.2, 0) is 49.3 Å². The molecule has 0 bridgehead atoms. The predicted octanol–water partition coefficient (Wildman–Crippen LogP) is 1.55. The molecule has 0 aliphatic carbocycles. The normalized spacial score (nSPS) is 12.4. The molecule has 0 fully saturated rings. The Morgan fingerprint density at radius 1 is 0.488 bits per heavy atom. The minimum atomic E-state index is -2.73. The summed E-state index contributed by atoms with van der Waals surface area (Å²) in [5, 5.41) is 5.45. The van der Waals surface area contributed by atoms with Gasteiger partial charge in [0.2, 0.25) is 0 Å². The quantitative estimate of drug-likeness (QED) is 0.0951. The Morgan fingerprint density at radius 2 is 0.791 bits per heavy atom. The molecule has 0 aromatic rings. The Balaban J connectivity index is 4.69. The van der Waals surface area contributed by atoms with E-state index in [9.17, 15) is 9.59 Å². The summed E-state index contributed by atoms with van der Waals surface area (Å²) in [6.45, 7) is 2.57. The van der Waals surface area contributed by atoms with Gasteiger partial charge in [-0.05, 0) is 25.8 Å². The van der Waals surface area contributed by atoms with Gasteiger partial charge in [0.25, 0.3) is 0 Å². The van der Waals surface area contributed by atoms with Crippen LogP contribution in [0.4, 0.5) is 9.59 Å². The molecule has 0 heterocycles. The van der Waals surface area contributed by atoms with Crippen molar-refractivity contribution in [2.75, 3.05) is 110 Å². The van der Waals surface area contributed by atoms with Gasteiger partial charge in [0, 0.05) is 108 Å². The summed E-state index contributed by atoms with van der Waals surface area (Å²) < 4.78 is 59.5. The van der Waals surface area contributed by atoms with Crippen LogP contribution in [0, 0.1) is 0 Å². The van der Waals surface area contributed by atoms with Crippen molar-refractivity contribution >= 4 is 38.6 Å². The number of hydrogen-bond donors (Lipinski definition) is 2. The summed E-state index contributed by atoms with van der Waals surface area (Å²) in [5.41, 5.74) is 0. The minimum Gasteiger partial charge on any atom is -0.448 e. The fourth-order valence-electron chi connectivity index (χ4n) is 4.15. The van der Waals surface area contributed by atoms with Crippen molar-refractivity contribution in [1.82, 2.24) is 15.5 Å². The fraction of sp³-hybridized carbons (Fsp3) is 0.917. The first-order valence-electron chi connectivity index (χ1n) is 14.1. The first kappa shape index (κ1) is 41.8. The van der Waals surface area contributed by atoms with Crippen LogP contribution in [0.1, 0.15) is 19.3 Å². The van der Waals surface area contributed by atoms with Crippen LogP contribution >= 0.6 is 0 Å². The maximum Gasteiger partial charge on any atom is 0.500 e. The van der Waals surface area contributed by atoms with Crippen molar-refractivity contribution in [3.63, 3.8) is 0 Å². The van der Waals surface area contributed by atoms with Gasteiger partial charge in [-0.2, -0.15) is 0 Å². The number of carbonyl (C=O) groups excluding carboxylic acids is 2. The van der Waals surface area contributed by atoms with Crippen molar-refractivity contribution in [1.29, 1.82) is 0 Å². The number of alkyl carbamates (subject to hydrolysis) is 2. The monoisotopic (exact) mass is 677 g/mol. The first-order chi connectivity index (χ1) is 20.6. The highest BCUT2D eigenvalue weighted by Gasteiger charge is 2.38. The third-order valence-corrected chi connectivity index (χ3v) is 15.4. The van der Waals surface area contributed by atoms with E-state index in [1.54, 1.807) is 64.0 Å². The summed E-state index contributed by atoms with van der Waals surface area (Å²) in [4.78, 5) is 26.4. The Hall–Kier alpha value is -1.21. The second-order valence-electron chi connectivity index (χ2n) is 9.16. The smallest absolute Gasteiger partial charge is 0.448 e. The van der Waals surface area contributed by atoms with Crippen molar-refractivity contribution in [3.8, 4) is 0 Å². The molecule has 0 radical (unpaired) electrons. The molecule has 0 aliphatic heterocycles. The third kappa shape index (κ3) is 16.6. The van der Waals surface area contributed by atoms with E-state index >= 15 is 0 Å². The van der Waals surface area contributed by atoms with Crippen LogP contribution in [0.25, 0.3) is 0 Å². The van der Waals surface area contributed by atoms with Gasteiger partial charge < -0.3 is 59.9 Å².